The lowest BCUT2D eigenvalue weighted by atomic mass is 10.2. The number of hydrogen-bond donors (Lipinski definition) is 2. The van der Waals surface area contributed by atoms with Crippen LogP contribution in [0.2, 0.25) is 0 Å². The van der Waals surface area contributed by atoms with Crippen molar-refractivity contribution in [3.63, 3.8) is 0 Å². The molecule has 1 amide bonds. The molecule has 0 bridgehead atoms. The van der Waals surface area contributed by atoms with E-state index in [9.17, 15) is 18.0 Å². The van der Waals surface area contributed by atoms with Crippen LogP contribution in [0.4, 0.5) is 30.6 Å². The molecule has 0 fully saturated rings. The van der Waals surface area contributed by atoms with Crippen LogP contribution < -0.4 is 15.5 Å². The number of amides is 1. The monoisotopic (exact) mass is 432 g/mol. The Morgan fingerprint density at radius 3 is 2.68 bits per heavy atom. The van der Waals surface area contributed by atoms with E-state index in [0.717, 1.165) is 17.8 Å². The van der Waals surface area contributed by atoms with Crippen molar-refractivity contribution in [2.45, 2.75) is 32.6 Å². The van der Waals surface area contributed by atoms with Gasteiger partial charge in [0.05, 0.1) is 23.8 Å². The topological polar surface area (TPSA) is 101 Å². The van der Waals surface area contributed by atoms with Crippen LogP contribution in [-0.2, 0) is 17.5 Å². The van der Waals surface area contributed by atoms with Crippen molar-refractivity contribution < 1.29 is 18.0 Å². The molecule has 0 aromatic carbocycles. The molecule has 0 spiro atoms. The first-order chi connectivity index (χ1) is 14.6. The summed E-state index contributed by atoms with van der Waals surface area (Å²) in [6.45, 7) is 3.91. The molecule has 162 valence electrons. The van der Waals surface area contributed by atoms with Crippen LogP contribution in [0.25, 0.3) is 5.69 Å². The molecule has 1 atom stereocenters. The molecule has 3 aromatic rings. The summed E-state index contributed by atoms with van der Waals surface area (Å²) in [6.07, 6.45) is -0.102. The molecular weight excluding hydrogens is 413 g/mol. The first kappa shape index (κ1) is 20.6. The van der Waals surface area contributed by atoms with Crippen molar-refractivity contribution in [2.75, 3.05) is 22.6 Å². The zero-order valence-corrected chi connectivity index (χ0v) is 16.9. The summed E-state index contributed by atoms with van der Waals surface area (Å²) in [5.41, 5.74) is 1.44. The molecule has 0 saturated heterocycles. The predicted octanol–water partition coefficient (Wildman–Crippen LogP) is 2.77. The Morgan fingerprint density at radius 2 is 2.00 bits per heavy atom. The average molecular weight is 432 g/mol. The minimum Gasteiger partial charge on any atom is -0.350 e. The Balaban J connectivity index is 1.48. The van der Waals surface area contributed by atoms with E-state index in [1.54, 1.807) is 38.2 Å². The number of likely N-dealkylation sites (N-methyl/N-ethyl adjacent to an activating group) is 1. The van der Waals surface area contributed by atoms with Gasteiger partial charge >= 0.3 is 6.18 Å². The smallest absolute Gasteiger partial charge is 0.350 e. The van der Waals surface area contributed by atoms with Crippen molar-refractivity contribution in [3.05, 3.63) is 47.7 Å². The maximum Gasteiger partial charge on any atom is 0.433 e. The van der Waals surface area contributed by atoms with Gasteiger partial charge in [-0.15, -0.1) is 0 Å². The maximum absolute atomic E-state index is 12.7. The Morgan fingerprint density at radius 1 is 1.23 bits per heavy atom. The number of aromatic nitrogens is 5. The fraction of sp³-hybridized carbons (Fsp3) is 0.316. The minimum atomic E-state index is -4.49. The molecule has 0 aliphatic carbocycles. The molecule has 3 aromatic heterocycles. The molecule has 9 nitrogen and oxygen atoms in total. The fourth-order valence-corrected chi connectivity index (χ4v) is 3.09. The van der Waals surface area contributed by atoms with Crippen LogP contribution in [0.15, 0.2) is 30.7 Å². The molecule has 1 aliphatic heterocycles. The second kappa shape index (κ2) is 7.52. The van der Waals surface area contributed by atoms with Gasteiger partial charge in [0.15, 0.2) is 5.82 Å². The summed E-state index contributed by atoms with van der Waals surface area (Å²) in [5, 5.41) is 10.1. The molecule has 2 N–H and O–H groups in total. The van der Waals surface area contributed by atoms with Gasteiger partial charge in [-0.3, -0.25) is 4.79 Å². The van der Waals surface area contributed by atoms with Gasteiger partial charge in [0.2, 0.25) is 11.9 Å². The minimum absolute atomic E-state index is 0.118. The van der Waals surface area contributed by atoms with Crippen LogP contribution in [0.1, 0.15) is 23.9 Å². The van der Waals surface area contributed by atoms with Gasteiger partial charge in [-0.05, 0) is 26.0 Å². The van der Waals surface area contributed by atoms with Gasteiger partial charge < -0.3 is 15.5 Å². The number of anilines is 3. The standard InChI is InChI=1S/C19H19F3N8O/c1-10-15-16(29(3)11(2)17(31)27-15)28-18(26-10)24-6-12-7-25-30(9-12)13-4-5-14(23-8-13)19(20,21)22/h4-5,7-9,11H,6H2,1-3H3,(H,27,31)(H,24,26,28)/t11-/m0/s1. The zero-order valence-electron chi connectivity index (χ0n) is 16.9. The van der Waals surface area contributed by atoms with Gasteiger partial charge in [-0.2, -0.15) is 23.3 Å². The third-order valence-electron chi connectivity index (χ3n) is 5.00. The van der Waals surface area contributed by atoms with Crippen molar-refractivity contribution in [3.8, 4) is 5.69 Å². The molecule has 0 saturated carbocycles. The highest BCUT2D eigenvalue weighted by Crippen LogP contribution is 2.32. The van der Waals surface area contributed by atoms with Crippen LogP contribution in [0, 0.1) is 6.92 Å². The van der Waals surface area contributed by atoms with E-state index in [1.807, 2.05) is 0 Å². The number of carbonyl (C=O) groups excluding carboxylic acids is 1. The van der Waals surface area contributed by atoms with Crippen LogP contribution in [-0.4, -0.2) is 43.7 Å². The number of pyridine rings is 1. The summed E-state index contributed by atoms with van der Waals surface area (Å²) < 4.78 is 39.4. The average Bonchev–Trinajstić information content (AvgIpc) is 3.20. The molecule has 4 heterocycles. The summed E-state index contributed by atoms with van der Waals surface area (Å²) in [4.78, 5) is 26.1. The molecule has 1 aliphatic rings. The van der Waals surface area contributed by atoms with Crippen molar-refractivity contribution >= 4 is 23.4 Å². The van der Waals surface area contributed by atoms with E-state index in [4.69, 9.17) is 0 Å². The lowest BCUT2D eigenvalue weighted by molar-refractivity contribution is -0.141. The van der Waals surface area contributed by atoms with Gasteiger partial charge in [-0.25, -0.2) is 14.6 Å². The number of nitrogens with zero attached hydrogens (tertiary/aromatic N) is 6. The second-order valence-corrected chi connectivity index (χ2v) is 7.15. The normalized spacial score (nSPS) is 16.1. The van der Waals surface area contributed by atoms with Gasteiger partial charge in [0.1, 0.15) is 17.4 Å². The first-order valence-corrected chi connectivity index (χ1v) is 9.37. The summed E-state index contributed by atoms with van der Waals surface area (Å²) in [5.74, 6) is 0.886. The Kier molecular flexibility index (Phi) is 4.99. The molecule has 0 radical (unpaired) electrons. The number of aryl methyl sites for hydroxylation is 1. The first-order valence-electron chi connectivity index (χ1n) is 9.37. The number of halogens is 3. The molecule has 4 rings (SSSR count). The quantitative estimate of drug-likeness (QED) is 0.654. The largest absolute Gasteiger partial charge is 0.433 e. The lowest BCUT2D eigenvalue weighted by Gasteiger charge is -2.32. The van der Waals surface area contributed by atoms with Gasteiger partial charge in [0, 0.05) is 25.4 Å². The van der Waals surface area contributed by atoms with Crippen molar-refractivity contribution in [2.24, 2.45) is 0 Å². The van der Waals surface area contributed by atoms with Crippen molar-refractivity contribution in [1.29, 1.82) is 0 Å². The number of fused-ring (bicyclic) bond motifs is 1. The number of nitrogens with one attached hydrogen (secondary N) is 2. The number of carbonyl (C=O) groups is 1. The predicted molar refractivity (Wildman–Crippen MR) is 107 cm³/mol. The molecule has 12 heteroatoms. The summed E-state index contributed by atoms with van der Waals surface area (Å²) >= 11 is 0. The zero-order chi connectivity index (χ0) is 22.3. The summed E-state index contributed by atoms with van der Waals surface area (Å²) in [7, 11) is 1.79. The SMILES string of the molecule is Cc1nc(NCc2cnn(-c3ccc(C(F)(F)F)nc3)c2)nc2c1NC(=O)[C@H](C)N2C. The van der Waals surface area contributed by atoms with E-state index in [-0.39, 0.29) is 11.9 Å². The van der Waals surface area contributed by atoms with E-state index < -0.39 is 11.9 Å². The Hall–Kier alpha value is -3.70. The third kappa shape index (κ3) is 4.00. The highest BCUT2D eigenvalue weighted by atomic mass is 19.4. The highest BCUT2D eigenvalue weighted by Gasteiger charge is 2.32. The van der Waals surface area contributed by atoms with E-state index in [1.165, 1.54) is 10.7 Å². The molecule has 31 heavy (non-hydrogen) atoms. The van der Waals surface area contributed by atoms with E-state index in [2.05, 4.69) is 30.7 Å². The molecular formula is C19H19F3N8O. The molecule has 0 unspecified atom stereocenters. The highest BCUT2D eigenvalue weighted by molar-refractivity contribution is 6.03. The van der Waals surface area contributed by atoms with Crippen LogP contribution in [0.5, 0.6) is 0 Å². The fourth-order valence-electron chi connectivity index (χ4n) is 3.09. The lowest BCUT2D eigenvalue weighted by Crippen LogP contribution is -2.44. The van der Waals surface area contributed by atoms with Gasteiger partial charge in [0.25, 0.3) is 0 Å². The maximum atomic E-state index is 12.7. The summed E-state index contributed by atoms with van der Waals surface area (Å²) in [6, 6.07) is 1.86. The van der Waals surface area contributed by atoms with Crippen LogP contribution in [0.3, 0.4) is 0 Å². The Bertz CT molecular complexity index is 1130. The number of hydrogen-bond acceptors (Lipinski definition) is 7. The van der Waals surface area contributed by atoms with E-state index in [0.29, 0.717) is 35.4 Å². The number of rotatable bonds is 4. The van der Waals surface area contributed by atoms with Gasteiger partial charge in [-0.1, -0.05) is 0 Å². The second-order valence-electron chi connectivity index (χ2n) is 7.15. The van der Waals surface area contributed by atoms with Crippen LogP contribution >= 0.6 is 0 Å². The van der Waals surface area contributed by atoms with E-state index >= 15 is 0 Å². The Labute approximate surface area is 175 Å². The number of alkyl halides is 3. The third-order valence-corrected chi connectivity index (χ3v) is 5.00. The van der Waals surface area contributed by atoms with Crippen molar-refractivity contribution in [1.82, 2.24) is 24.7 Å².